The van der Waals surface area contributed by atoms with Crippen LogP contribution in [0.25, 0.3) is 0 Å². The summed E-state index contributed by atoms with van der Waals surface area (Å²) in [6.45, 7) is 6.12. The van der Waals surface area contributed by atoms with E-state index in [0.717, 1.165) is 31.2 Å². The Morgan fingerprint density at radius 2 is 2.38 bits per heavy atom. The number of aromatic nitrogens is 2. The van der Waals surface area contributed by atoms with Gasteiger partial charge in [0.15, 0.2) is 0 Å². The predicted octanol–water partition coefficient (Wildman–Crippen LogP) is 1.83. The van der Waals surface area contributed by atoms with Gasteiger partial charge in [0.2, 0.25) is 5.91 Å². The Bertz CT molecular complexity index is 668. The van der Waals surface area contributed by atoms with E-state index in [9.17, 15) is 4.79 Å². The first-order valence-electron chi connectivity index (χ1n) is 8.24. The summed E-state index contributed by atoms with van der Waals surface area (Å²) in [6.07, 6.45) is 2.34. The fourth-order valence-electron chi connectivity index (χ4n) is 3.03. The number of carbonyl (C=O) groups is 1. The van der Waals surface area contributed by atoms with Crippen LogP contribution in [0.2, 0.25) is 0 Å². The van der Waals surface area contributed by atoms with Crippen molar-refractivity contribution in [3.63, 3.8) is 0 Å². The summed E-state index contributed by atoms with van der Waals surface area (Å²) in [7, 11) is 1.62. The number of nitrogens with one attached hydrogen (secondary N) is 1. The Morgan fingerprint density at radius 1 is 1.50 bits per heavy atom. The predicted molar refractivity (Wildman–Crippen MR) is 94.0 cm³/mol. The number of hydrogen-bond donors (Lipinski definition) is 1. The molecule has 0 bridgehead atoms. The van der Waals surface area contributed by atoms with Gasteiger partial charge in [-0.05, 0) is 29.3 Å². The van der Waals surface area contributed by atoms with E-state index in [1.165, 1.54) is 5.56 Å². The Morgan fingerprint density at radius 3 is 3.12 bits per heavy atom. The van der Waals surface area contributed by atoms with Crippen molar-refractivity contribution in [2.75, 3.05) is 26.8 Å². The zero-order chi connectivity index (χ0) is 16.9. The molecule has 3 heterocycles. The van der Waals surface area contributed by atoms with Gasteiger partial charge in [-0.3, -0.25) is 9.69 Å². The topological polar surface area (TPSA) is 59.4 Å². The number of rotatable bonds is 7. The summed E-state index contributed by atoms with van der Waals surface area (Å²) in [4.78, 5) is 19.1. The Kier molecular flexibility index (Phi) is 5.65. The summed E-state index contributed by atoms with van der Waals surface area (Å²) < 4.78 is 7.13. The van der Waals surface area contributed by atoms with Gasteiger partial charge < -0.3 is 14.6 Å². The minimum absolute atomic E-state index is 0.00900. The van der Waals surface area contributed by atoms with Crippen LogP contribution in [0.5, 0.6) is 0 Å². The molecule has 0 radical (unpaired) electrons. The van der Waals surface area contributed by atoms with E-state index in [0.29, 0.717) is 19.6 Å². The van der Waals surface area contributed by atoms with Crippen LogP contribution in [0, 0.1) is 0 Å². The van der Waals surface area contributed by atoms with Gasteiger partial charge in [-0.2, -0.15) is 11.3 Å². The van der Waals surface area contributed by atoms with Gasteiger partial charge in [-0.1, -0.05) is 0 Å². The molecule has 1 aliphatic heterocycles. The van der Waals surface area contributed by atoms with E-state index >= 15 is 0 Å². The lowest BCUT2D eigenvalue weighted by Gasteiger charge is -2.33. The van der Waals surface area contributed by atoms with Gasteiger partial charge >= 0.3 is 0 Å². The van der Waals surface area contributed by atoms with Crippen LogP contribution in [0.1, 0.15) is 30.0 Å². The maximum atomic E-state index is 11.9. The number of carbonyl (C=O) groups excluding carboxylic acids is 1. The van der Waals surface area contributed by atoms with Crippen molar-refractivity contribution in [3.8, 4) is 0 Å². The molecule has 0 fully saturated rings. The summed E-state index contributed by atoms with van der Waals surface area (Å²) in [5.74, 6) is 1.04. The lowest BCUT2D eigenvalue weighted by Crippen LogP contribution is -2.36. The monoisotopic (exact) mass is 348 g/mol. The molecule has 7 heteroatoms. The third kappa shape index (κ3) is 4.03. The van der Waals surface area contributed by atoms with Crippen LogP contribution < -0.4 is 5.32 Å². The maximum absolute atomic E-state index is 11.9. The molecule has 2 aromatic rings. The number of amides is 1. The largest absolute Gasteiger partial charge is 0.383 e. The zero-order valence-electron chi connectivity index (χ0n) is 14.2. The van der Waals surface area contributed by atoms with E-state index in [1.54, 1.807) is 18.4 Å². The molecule has 0 aliphatic carbocycles. The van der Waals surface area contributed by atoms with Gasteiger partial charge in [0.1, 0.15) is 5.82 Å². The smallest absolute Gasteiger partial charge is 0.226 e. The third-order valence-corrected chi connectivity index (χ3v) is 5.07. The Hall–Kier alpha value is -1.70. The number of nitrogens with zero attached hydrogens (tertiary/aromatic N) is 3. The quantitative estimate of drug-likeness (QED) is 0.776. The average Bonchev–Trinajstić information content (AvgIpc) is 3.20. The number of ether oxygens (including phenoxy) is 1. The second-order valence-electron chi connectivity index (χ2n) is 6.08. The van der Waals surface area contributed by atoms with Crippen molar-refractivity contribution in [3.05, 3.63) is 40.1 Å². The van der Waals surface area contributed by atoms with Crippen molar-refractivity contribution in [2.24, 2.45) is 0 Å². The molecule has 0 saturated carbocycles. The van der Waals surface area contributed by atoms with E-state index in [4.69, 9.17) is 9.72 Å². The van der Waals surface area contributed by atoms with Crippen molar-refractivity contribution in [2.45, 2.75) is 32.5 Å². The highest BCUT2D eigenvalue weighted by atomic mass is 32.1. The van der Waals surface area contributed by atoms with E-state index in [-0.39, 0.29) is 11.9 Å². The molecule has 1 atom stereocenters. The van der Waals surface area contributed by atoms with Crippen LogP contribution in [0.3, 0.4) is 0 Å². The summed E-state index contributed by atoms with van der Waals surface area (Å²) in [6, 6.07) is 2.43. The summed E-state index contributed by atoms with van der Waals surface area (Å²) >= 11 is 1.73. The Labute approximate surface area is 146 Å². The van der Waals surface area contributed by atoms with Gasteiger partial charge in [0.25, 0.3) is 0 Å². The molecule has 0 aromatic carbocycles. The van der Waals surface area contributed by atoms with Crippen LogP contribution >= 0.6 is 11.3 Å². The molecule has 24 heavy (non-hydrogen) atoms. The van der Waals surface area contributed by atoms with Gasteiger partial charge in [-0.25, -0.2) is 4.98 Å². The number of imidazole rings is 1. The molecule has 0 saturated heterocycles. The first-order chi connectivity index (χ1) is 11.7. The van der Waals surface area contributed by atoms with Crippen LogP contribution in [0.15, 0.2) is 23.0 Å². The third-order valence-electron chi connectivity index (χ3n) is 4.34. The molecule has 1 N–H and O–H groups in total. The zero-order valence-corrected chi connectivity index (χ0v) is 15.0. The second kappa shape index (κ2) is 7.92. The van der Waals surface area contributed by atoms with Crippen LogP contribution in [-0.4, -0.2) is 47.2 Å². The van der Waals surface area contributed by atoms with Gasteiger partial charge in [0.05, 0.1) is 24.8 Å². The summed E-state index contributed by atoms with van der Waals surface area (Å²) in [5, 5.41) is 7.15. The van der Waals surface area contributed by atoms with Crippen molar-refractivity contribution < 1.29 is 9.53 Å². The lowest BCUT2D eigenvalue weighted by atomic mass is 10.2. The molecule has 0 spiro atoms. The highest BCUT2D eigenvalue weighted by Gasteiger charge is 2.26. The molecule has 0 unspecified atom stereocenters. The van der Waals surface area contributed by atoms with Crippen LogP contribution in [-0.2, 0) is 29.0 Å². The fraction of sp³-hybridized carbons (Fsp3) is 0.529. The Balaban J connectivity index is 1.62. The average molecular weight is 348 g/mol. The highest BCUT2D eigenvalue weighted by molar-refractivity contribution is 7.07. The minimum atomic E-state index is -0.00900. The molecule has 2 aromatic heterocycles. The molecule has 130 valence electrons. The minimum Gasteiger partial charge on any atom is -0.383 e. The number of thiophene rings is 1. The second-order valence-corrected chi connectivity index (χ2v) is 6.86. The van der Waals surface area contributed by atoms with Crippen LogP contribution in [0.4, 0.5) is 0 Å². The number of fused-ring (bicyclic) bond motifs is 1. The molecule has 1 aliphatic rings. The van der Waals surface area contributed by atoms with E-state index < -0.39 is 0 Å². The van der Waals surface area contributed by atoms with Crippen molar-refractivity contribution >= 4 is 17.2 Å². The van der Waals surface area contributed by atoms with Gasteiger partial charge in [-0.15, -0.1) is 0 Å². The van der Waals surface area contributed by atoms with Gasteiger partial charge in [0, 0.05) is 39.5 Å². The van der Waals surface area contributed by atoms with Crippen molar-refractivity contribution in [1.82, 2.24) is 19.8 Å². The number of hydrogen-bond acceptors (Lipinski definition) is 5. The van der Waals surface area contributed by atoms with E-state index in [2.05, 4.69) is 38.5 Å². The lowest BCUT2D eigenvalue weighted by molar-refractivity contribution is -0.120. The molecular weight excluding hydrogens is 324 g/mol. The fourth-order valence-corrected chi connectivity index (χ4v) is 3.69. The number of methoxy groups -OCH3 is 1. The van der Waals surface area contributed by atoms with Crippen molar-refractivity contribution in [1.29, 1.82) is 0 Å². The first-order valence-corrected chi connectivity index (χ1v) is 9.18. The molecule has 3 rings (SSSR count). The highest BCUT2D eigenvalue weighted by Crippen LogP contribution is 2.26. The standard InChI is InChI=1S/C17H24N4O2S/c1-13-17-19-15(9-16(22)18-4-7-23-2)11-21(17)6-5-20(13)10-14-3-8-24-12-14/h3,8,11-13H,4-7,9-10H2,1-2H3,(H,18,22)/t13-/m0/s1. The first kappa shape index (κ1) is 17.1. The molecule has 6 nitrogen and oxygen atoms in total. The molecule has 1 amide bonds. The normalized spacial score (nSPS) is 17.7. The summed E-state index contributed by atoms with van der Waals surface area (Å²) in [5.41, 5.74) is 2.19. The molecular formula is C17H24N4O2S. The maximum Gasteiger partial charge on any atom is 0.226 e. The van der Waals surface area contributed by atoms with E-state index in [1.807, 2.05) is 6.20 Å². The SMILES string of the molecule is COCCNC(=O)Cc1cn2c(n1)[C@H](C)N(Cc1ccsc1)CC2.